The topological polar surface area (TPSA) is 37.3 Å². The van der Waals surface area contributed by atoms with Crippen LogP contribution in [0.2, 0.25) is 0 Å². The summed E-state index contributed by atoms with van der Waals surface area (Å²) in [4.78, 5) is 10.5. The third-order valence-electron chi connectivity index (χ3n) is 8.02. The lowest BCUT2D eigenvalue weighted by Gasteiger charge is -2.30. The van der Waals surface area contributed by atoms with Crippen LogP contribution >= 0.6 is 0 Å². The summed E-state index contributed by atoms with van der Waals surface area (Å²) in [5, 5.41) is 8.63. The summed E-state index contributed by atoms with van der Waals surface area (Å²) in [5.41, 5.74) is 0. The molecule has 0 rings (SSSR count). The van der Waals surface area contributed by atoms with E-state index in [1.165, 1.54) is 172 Å². The molecule has 0 saturated carbocycles. The number of carboxylic acid groups (broad SMARTS) is 1. The van der Waals surface area contributed by atoms with Gasteiger partial charge in [-0.1, -0.05) is 142 Å². The second-order valence-electron chi connectivity index (χ2n) is 12.4. The van der Waals surface area contributed by atoms with Gasteiger partial charge in [0, 0.05) is 6.42 Å². The van der Waals surface area contributed by atoms with Gasteiger partial charge in [-0.15, -0.1) is 0 Å². The average molecular weight is 511 g/mol. The first-order chi connectivity index (χ1) is 17.5. The predicted molar refractivity (Wildman–Crippen MR) is 160 cm³/mol. The Hall–Kier alpha value is -0.570. The molecule has 0 aromatic rings. The van der Waals surface area contributed by atoms with Crippen molar-refractivity contribution in [3.8, 4) is 0 Å². The van der Waals surface area contributed by atoms with Crippen LogP contribution in [-0.4, -0.2) is 42.7 Å². The van der Waals surface area contributed by atoms with Gasteiger partial charge in [0.05, 0.1) is 27.2 Å². The van der Waals surface area contributed by atoms with Crippen molar-refractivity contribution in [1.82, 2.24) is 0 Å². The molecule has 3 nitrogen and oxygen atoms in total. The van der Waals surface area contributed by atoms with Crippen LogP contribution in [-0.2, 0) is 4.79 Å². The van der Waals surface area contributed by atoms with Gasteiger partial charge >= 0.3 is 5.97 Å². The Morgan fingerprint density at radius 2 is 0.694 bits per heavy atom. The van der Waals surface area contributed by atoms with E-state index in [-0.39, 0.29) is 0 Å². The van der Waals surface area contributed by atoms with E-state index in [0.717, 1.165) is 12.8 Å². The van der Waals surface area contributed by atoms with Crippen LogP contribution in [0.5, 0.6) is 0 Å². The van der Waals surface area contributed by atoms with Crippen molar-refractivity contribution in [3.63, 3.8) is 0 Å². The molecule has 0 saturated heterocycles. The Balaban J connectivity index is 3.26. The minimum absolute atomic E-state index is 0.344. The summed E-state index contributed by atoms with van der Waals surface area (Å²) < 4.78 is 1.22. The molecule has 0 aliphatic rings. The van der Waals surface area contributed by atoms with E-state index >= 15 is 0 Å². The fourth-order valence-corrected chi connectivity index (χ4v) is 5.43. The van der Waals surface area contributed by atoms with Crippen molar-refractivity contribution in [2.24, 2.45) is 0 Å². The number of unbranched alkanes of at least 4 members (excludes halogenated alkanes) is 24. The number of aliphatic carboxylic acids is 1. The van der Waals surface area contributed by atoms with E-state index in [1.807, 2.05) is 0 Å². The number of carboxylic acids is 1. The number of quaternary nitrogens is 1. The maximum Gasteiger partial charge on any atom is 0.303 e. The predicted octanol–water partition coefficient (Wildman–Crippen LogP) is 10.7. The fourth-order valence-electron chi connectivity index (χ4n) is 5.43. The molecule has 216 valence electrons. The second kappa shape index (κ2) is 27.5. The zero-order valence-electron chi connectivity index (χ0n) is 25.3. The number of hydrogen-bond acceptors (Lipinski definition) is 1. The normalized spacial score (nSPS) is 11.9. The minimum atomic E-state index is -0.650. The lowest BCUT2D eigenvalue weighted by molar-refractivity contribution is -0.890. The molecule has 1 N–H and O–H groups in total. The number of rotatable bonds is 30. The molecule has 0 bridgehead atoms. The summed E-state index contributed by atoms with van der Waals surface area (Å²) in [7, 11) is 4.88. The summed E-state index contributed by atoms with van der Waals surface area (Å²) in [5.74, 6) is -0.650. The molecular weight excluding hydrogens is 442 g/mol. The minimum Gasteiger partial charge on any atom is -0.481 e. The Labute approximate surface area is 227 Å². The maximum atomic E-state index is 10.5. The SMILES string of the molecule is CCCCCCCCCCCC[N+](C)(C)CCCCCCCCCCCCCCCCCCC(=O)O. The van der Waals surface area contributed by atoms with Gasteiger partial charge in [-0.05, 0) is 32.1 Å². The van der Waals surface area contributed by atoms with Crippen molar-refractivity contribution in [3.05, 3.63) is 0 Å². The van der Waals surface area contributed by atoms with Gasteiger partial charge in [0.25, 0.3) is 0 Å². The largest absolute Gasteiger partial charge is 0.481 e. The quantitative estimate of drug-likeness (QED) is 0.0770. The molecule has 0 atom stereocenters. The van der Waals surface area contributed by atoms with Crippen LogP contribution in [0.3, 0.4) is 0 Å². The standard InChI is InChI=1S/C33H67NO2/c1-4-5-6-7-8-9-19-22-25-28-31-34(2,3)32-29-26-23-20-17-15-13-11-10-12-14-16-18-21-24-27-30-33(35)36/h4-32H2,1-3H3/p+1. The average Bonchev–Trinajstić information content (AvgIpc) is 2.84. The molecule has 0 unspecified atom stereocenters. The summed E-state index contributed by atoms with van der Waals surface area (Å²) in [6.07, 6.45) is 36.1. The number of hydrogen-bond donors (Lipinski definition) is 1. The molecule has 0 aliphatic carbocycles. The second-order valence-corrected chi connectivity index (χ2v) is 12.4. The summed E-state index contributed by atoms with van der Waals surface area (Å²) >= 11 is 0. The highest BCUT2D eigenvalue weighted by Crippen LogP contribution is 2.15. The van der Waals surface area contributed by atoms with Gasteiger partial charge < -0.3 is 9.59 Å². The van der Waals surface area contributed by atoms with Crippen molar-refractivity contribution in [2.45, 2.75) is 180 Å². The Morgan fingerprint density at radius 1 is 0.444 bits per heavy atom. The number of carbonyl (C=O) groups is 1. The number of nitrogens with zero attached hydrogens (tertiary/aromatic N) is 1. The highest BCUT2D eigenvalue weighted by molar-refractivity contribution is 5.66. The van der Waals surface area contributed by atoms with Crippen LogP contribution in [0, 0.1) is 0 Å². The van der Waals surface area contributed by atoms with Crippen molar-refractivity contribution in [2.75, 3.05) is 27.2 Å². The zero-order chi connectivity index (χ0) is 26.6. The van der Waals surface area contributed by atoms with Gasteiger partial charge in [0.2, 0.25) is 0 Å². The fraction of sp³-hybridized carbons (Fsp3) is 0.970. The zero-order valence-corrected chi connectivity index (χ0v) is 25.3. The van der Waals surface area contributed by atoms with E-state index < -0.39 is 5.97 Å². The van der Waals surface area contributed by atoms with Crippen LogP contribution in [0.4, 0.5) is 0 Å². The molecule has 36 heavy (non-hydrogen) atoms. The van der Waals surface area contributed by atoms with Crippen LogP contribution < -0.4 is 0 Å². The van der Waals surface area contributed by atoms with Crippen molar-refractivity contribution >= 4 is 5.97 Å². The van der Waals surface area contributed by atoms with Crippen LogP contribution in [0.1, 0.15) is 180 Å². The Bertz CT molecular complexity index is 449. The van der Waals surface area contributed by atoms with Crippen LogP contribution in [0.15, 0.2) is 0 Å². The first-order valence-electron chi connectivity index (χ1n) is 16.5. The summed E-state index contributed by atoms with van der Waals surface area (Å²) in [6, 6.07) is 0. The highest BCUT2D eigenvalue weighted by atomic mass is 16.4. The Morgan fingerprint density at radius 3 is 0.972 bits per heavy atom. The van der Waals surface area contributed by atoms with Gasteiger partial charge in [0.15, 0.2) is 0 Å². The summed E-state index contributed by atoms with van der Waals surface area (Å²) in [6.45, 7) is 5.02. The molecular formula is C33H68NO2+. The van der Waals surface area contributed by atoms with Gasteiger partial charge in [-0.25, -0.2) is 0 Å². The smallest absolute Gasteiger partial charge is 0.303 e. The third-order valence-corrected chi connectivity index (χ3v) is 8.02. The molecule has 0 aromatic heterocycles. The lowest BCUT2D eigenvalue weighted by atomic mass is 10.0. The maximum absolute atomic E-state index is 10.5. The molecule has 0 heterocycles. The lowest BCUT2D eigenvalue weighted by Crippen LogP contribution is -2.41. The first-order valence-corrected chi connectivity index (χ1v) is 16.5. The monoisotopic (exact) mass is 511 g/mol. The molecule has 0 aromatic carbocycles. The van der Waals surface area contributed by atoms with Crippen molar-refractivity contribution < 1.29 is 14.4 Å². The highest BCUT2D eigenvalue weighted by Gasteiger charge is 2.13. The van der Waals surface area contributed by atoms with E-state index in [4.69, 9.17) is 5.11 Å². The molecule has 3 heteroatoms. The van der Waals surface area contributed by atoms with Gasteiger partial charge in [0.1, 0.15) is 0 Å². The molecule has 0 radical (unpaired) electrons. The van der Waals surface area contributed by atoms with Gasteiger partial charge in [-0.3, -0.25) is 4.79 Å². The molecule has 0 fully saturated rings. The van der Waals surface area contributed by atoms with E-state index in [2.05, 4.69) is 21.0 Å². The Kier molecular flexibility index (Phi) is 27.0. The van der Waals surface area contributed by atoms with E-state index in [9.17, 15) is 4.79 Å². The van der Waals surface area contributed by atoms with Crippen LogP contribution in [0.25, 0.3) is 0 Å². The van der Waals surface area contributed by atoms with Gasteiger partial charge in [-0.2, -0.15) is 0 Å². The van der Waals surface area contributed by atoms with E-state index in [0.29, 0.717) is 6.42 Å². The molecule has 0 spiro atoms. The molecule has 0 aliphatic heterocycles. The third kappa shape index (κ3) is 29.7. The van der Waals surface area contributed by atoms with Crippen molar-refractivity contribution in [1.29, 1.82) is 0 Å². The van der Waals surface area contributed by atoms with E-state index in [1.54, 1.807) is 0 Å². The first kappa shape index (κ1) is 35.4. The molecule has 0 amide bonds.